The van der Waals surface area contributed by atoms with Gasteiger partial charge in [0.2, 0.25) is 0 Å². The number of methoxy groups -OCH3 is 1. The van der Waals surface area contributed by atoms with Gasteiger partial charge >= 0.3 is 0 Å². The van der Waals surface area contributed by atoms with Crippen molar-refractivity contribution in [3.8, 4) is 0 Å². The largest absolute Gasteiger partial charge is 0.378 e. The van der Waals surface area contributed by atoms with Crippen molar-refractivity contribution < 1.29 is 4.74 Å². The van der Waals surface area contributed by atoms with Gasteiger partial charge in [0, 0.05) is 44.0 Å². The van der Waals surface area contributed by atoms with Crippen LogP contribution in [0.2, 0.25) is 0 Å². The number of hydrogen-bond acceptors (Lipinski definition) is 3. The fourth-order valence-corrected chi connectivity index (χ4v) is 3.77. The first-order valence-electron chi connectivity index (χ1n) is 10.0. The number of rotatable bonds is 7. The smallest absolute Gasteiger partial charge is 0.191 e. The third-order valence-corrected chi connectivity index (χ3v) is 6.31. The molecule has 28 heavy (non-hydrogen) atoms. The van der Waals surface area contributed by atoms with Gasteiger partial charge in [0.05, 0.1) is 5.60 Å². The van der Waals surface area contributed by atoms with Crippen LogP contribution in [0.3, 0.4) is 0 Å². The highest BCUT2D eigenvalue weighted by atomic mass is 16.5. The molecule has 6 heteroatoms. The highest BCUT2D eigenvalue weighted by Crippen LogP contribution is 2.51. The van der Waals surface area contributed by atoms with Crippen molar-refractivity contribution in [2.24, 2.45) is 10.4 Å². The van der Waals surface area contributed by atoms with Crippen LogP contribution in [0.15, 0.2) is 47.7 Å². The number of hydrogen-bond donors (Lipinski definition) is 2. The maximum absolute atomic E-state index is 5.74. The Morgan fingerprint density at radius 3 is 2.68 bits per heavy atom. The molecule has 6 nitrogen and oxygen atoms in total. The number of ether oxygens (including phenoxy) is 1. The van der Waals surface area contributed by atoms with E-state index in [1.165, 1.54) is 5.56 Å². The lowest BCUT2D eigenvalue weighted by atomic mass is 9.56. The fourth-order valence-electron chi connectivity index (χ4n) is 3.77. The molecule has 0 aliphatic heterocycles. The van der Waals surface area contributed by atoms with Crippen LogP contribution >= 0.6 is 0 Å². The Labute approximate surface area is 168 Å². The van der Waals surface area contributed by atoms with Crippen LogP contribution in [0, 0.1) is 5.41 Å². The maximum Gasteiger partial charge on any atom is 0.191 e. The molecule has 1 fully saturated rings. The molecule has 2 unspecified atom stereocenters. The third kappa shape index (κ3) is 4.07. The van der Waals surface area contributed by atoms with Gasteiger partial charge in [-0.1, -0.05) is 44.2 Å². The summed E-state index contributed by atoms with van der Waals surface area (Å²) in [6.07, 6.45) is 4.81. The zero-order valence-electron chi connectivity index (χ0n) is 17.7. The lowest BCUT2D eigenvalue weighted by Gasteiger charge is -2.59. The molecule has 1 aliphatic carbocycles. The van der Waals surface area contributed by atoms with Crippen LogP contribution in [-0.2, 0) is 17.8 Å². The lowest BCUT2D eigenvalue weighted by Crippen LogP contribution is -2.69. The summed E-state index contributed by atoms with van der Waals surface area (Å²) in [7, 11) is 1.80. The van der Waals surface area contributed by atoms with E-state index < -0.39 is 0 Å². The van der Waals surface area contributed by atoms with Crippen molar-refractivity contribution in [1.29, 1.82) is 0 Å². The van der Waals surface area contributed by atoms with Gasteiger partial charge in [0.1, 0.15) is 12.4 Å². The van der Waals surface area contributed by atoms with E-state index in [2.05, 4.69) is 72.1 Å². The summed E-state index contributed by atoms with van der Waals surface area (Å²) in [5.41, 5.74) is 1.18. The Balaban J connectivity index is 1.67. The molecule has 1 aromatic heterocycles. The number of nitrogens with zero attached hydrogens (tertiary/aromatic N) is 3. The summed E-state index contributed by atoms with van der Waals surface area (Å²) in [5.74, 6) is 1.78. The Hall–Kier alpha value is -2.34. The van der Waals surface area contributed by atoms with Gasteiger partial charge in [-0.3, -0.25) is 0 Å². The number of imidazole rings is 1. The summed E-state index contributed by atoms with van der Waals surface area (Å²) < 4.78 is 7.89. The molecule has 0 bridgehead atoms. The molecule has 1 aromatic carbocycles. The molecule has 1 heterocycles. The van der Waals surface area contributed by atoms with Crippen LogP contribution in [0.25, 0.3) is 0 Å². The first kappa shape index (κ1) is 20.4. The van der Waals surface area contributed by atoms with Crippen molar-refractivity contribution in [3.05, 3.63) is 54.1 Å². The quantitative estimate of drug-likeness (QED) is 0.569. The van der Waals surface area contributed by atoms with E-state index in [0.29, 0.717) is 12.6 Å². The molecule has 2 atom stereocenters. The number of nitrogens with one attached hydrogen (secondary N) is 2. The molecule has 2 N–H and O–H groups in total. The lowest BCUT2D eigenvalue weighted by molar-refractivity contribution is -0.176. The van der Waals surface area contributed by atoms with Crippen molar-refractivity contribution in [2.75, 3.05) is 13.7 Å². The van der Waals surface area contributed by atoms with E-state index in [-0.39, 0.29) is 11.0 Å². The monoisotopic (exact) mass is 383 g/mol. The highest BCUT2D eigenvalue weighted by molar-refractivity contribution is 5.80. The van der Waals surface area contributed by atoms with E-state index >= 15 is 0 Å². The normalized spacial score (nSPS) is 23.9. The first-order valence-corrected chi connectivity index (χ1v) is 10.0. The summed E-state index contributed by atoms with van der Waals surface area (Å²) >= 11 is 0. The minimum Gasteiger partial charge on any atom is -0.378 e. The summed E-state index contributed by atoms with van der Waals surface area (Å²) in [5, 5.41) is 6.95. The van der Waals surface area contributed by atoms with Gasteiger partial charge in [0.25, 0.3) is 0 Å². The van der Waals surface area contributed by atoms with Gasteiger partial charge in [-0.2, -0.15) is 0 Å². The number of aliphatic imine (C=N–C) groups is 1. The van der Waals surface area contributed by atoms with Gasteiger partial charge in [-0.15, -0.1) is 0 Å². The van der Waals surface area contributed by atoms with Crippen LogP contribution in [0.1, 0.15) is 45.5 Å². The predicted molar refractivity (Wildman–Crippen MR) is 113 cm³/mol. The number of aromatic nitrogens is 2. The summed E-state index contributed by atoms with van der Waals surface area (Å²) in [4.78, 5) is 9.29. The van der Waals surface area contributed by atoms with Crippen molar-refractivity contribution >= 4 is 5.96 Å². The second kappa shape index (κ2) is 8.35. The summed E-state index contributed by atoms with van der Waals surface area (Å²) in [6.45, 7) is 10.9. The second-order valence-corrected chi connectivity index (χ2v) is 8.21. The van der Waals surface area contributed by atoms with Gasteiger partial charge in [-0.25, -0.2) is 9.98 Å². The molecule has 0 radical (unpaired) electrons. The Kier molecular flexibility index (Phi) is 6.08. The van der Waals surface area contributed by atoms with Crippen LogP contribution in [-0.4, -0.2) is 40.8 Å². The molecular formula is C22H33N5O. The zero-order chi connectivity index (χ0) is 20.2. The zero-order valence-corrected chi connectivity index (χ0v) is 17.7. The molecule has 152 valence electrons. The van der Waals surface area contributed by atoms with Crippen LogP contribution < -0.4 is 10.6 Å². The average Bonchev–Trinajstić information content (AvgIpc) is 3.13. The van der Waals surface area contributed by atoms with Gasteiger partial charge in [0.15, 0.2) is 5.96 Å². The molecular weight excluding hydrogens is 350 g/mol. The molecule has 0 spiro atoms. The van der Waals surface area contributed by atoms with E-state index in [9.17, 15) is 0 Å². The van der Waals surface area contributed by atoms with Crippen molar-refractivity contribution in [1.82, 2.24) is 20.2 Å². The Morgan fingerprint density at radius 1 is 1.29 bits per heavy atom. The van der Waals surface area contributed by atoms with E-state index in [0.717, 1.165) is 31.3 Å². The minimum absolute atomic E-state index is 0.0315. The Bertz CT molecular complexity index is 798. The Morgan fingerprint density at radius 2 is 2.04 bits per heavy atom. The fraction of sp³-hybridized carbons (Fsp3) is 0.545. The highest BCUT2D eigenvalue weighted by Gasteiger charge is 2.58. The standard InChI is InChI=1S/C22H33N5O/c1-6-23-20(26-18-14-22(4,28-5)21(18,2)3)25-15-19-24-12-13-27(19)16-17-10-8-7-9-11-17/h7-13,18H,6,14-16H2,1-5H3,(H2,23,25,26). The molecule has 1 aliphatic rings. The van der Waals surface area contributed by atoms with Gasteiger partial charge < -0.3 is 19.9 Å². The number of benzene rings is 1. The molecule has 0 saturated heterocycles. The second-order valence-electron chi connectivity index (χ2n) is 8.21. The summed E-state index contributed by atoms with van der Waals surface area (Å²) in [6, 6.07) is 10.7. The third-order valence-electron chi connectivity index (χ3n) is 6.31. The average molecular weight is 384 g/mol. The van der Waals surface area contributed by atoms with E-state index in [4.69, 9.17) is 9.73 Å². The first-order chi connectivity index (χ1) is 13.4. The van der Waals surface area contributed by atoms with Crippen LogP contribution in [0.5, 0.6) is 0 Å². The SMILES string of the molecule is CCNC(=NCc1nccn1Cc1ccccc1)NC1CC(C)(OC)C1(C)C. The van der Waals surface area contributed by atoms with Crippen molar-refractivity contribution in [3.63, 3.8) is 0 Å². The molecule has 3 rings (SSSR count). The van der Waals surface area contributed by atoms with Crippen molar-refractivity contribution in [2.45, 2.75) is 58.8 Å². The molecule has 0 amide bonds. The van der Waals surface area contributed by atoms with E-state index in [1.807, 2.05) is 18.5 Å². The molecule has 2 aromatic rings. The maximum atomic E-state index is 5.74. The predicted octanol–water partition coefficient (Wildman–Crippen LogP) is 3.19. The van der Waals surface area contributed by atoms with Gasteiger partial charge in [-0.05, 0) is 25.8 Å². The van der Waals surface area contributed by atoms with E-state index in [1.54, 1.807) is 7.11 Å². The molecule has 1 saturated carbocycles. The minimum atomic E-state index is -0.103. The topological polar surface area (TPSA) is 63.5 Å². The number of guanidine groups is 1. The van der Waals surface area contributed by atoms with Crippen LogP contribution in [0.4, 0.5) is 0 Å².